The summed E-state index contributed by atoms with van der Waals surface area (Å²) < 4.78 is 5.83. The molecular formula is C15H20O3. The predicted molar refractivity (Wildman–Crippen MR) is 65.7 cm³/mol. The highest BCUT2D eigenvalue weighted by Gasteiger charge is 2.81. The number of aliphatic hydroxyl groups is 1. The Morgan fingerprint density at radius 2 is 2.06 bits per heavy atom. The molecule has 4 bridgehead atoms. The minimum atomic E-state index is -0.564. The van der Waals surface area contributed by atoms with Crippen molar-refractivity contribution in [1.82, 2.24) is 0 Å². The summed E-state index contributed by atoms with van der Waals surface area (Å²) in [5, 5.41) is 10.6. The van der Waals surface area contributed by atoms with Gasteiger partial charge in [0.15, 0.2) is 0 Å². The van der Waals surface area contributed by atoms with Crippen LogP contribution < -0.4 is 0 Å². The number of rotatable bonds is 2. The first-order valence-corrected chi connectivity index (χ1v) is 7.02. The Morgan fingerprint density at radius 1 is 1.33 bits per heavy atom. The van der Waals surface area contributed by atoms with Crippen LogP contribution in [0.3, 0.4) is 0 Å². The minimum Gasteiger partial charge on any atom is -0.455 e. The van der Waals surface area contributed by atoms with Gasteiger partial charge in [-0.1, -0.05) is 6.58 Å². The van der Waals surface area contributed by atoms with Gasteiger partial charge in [-0.05, 0) is 50.9 Å². The molecule has 6 aliphatic carbocycles. The lowest BCUT2D eigenvalue weighted by molar-refractivity contribution is -0.377. The van der Waals surface area contributed by atoms with Crippen molar-refractivity contribution in [2.24, 2.45) is 17.3 Å². The summed E-state index contributed by atoms with van der Waals surface area (Å²) in [6.07, 6.45) is 5.86. The Balaban J connectivity index is 1.70. The van der Waals surface area contributed by atoms with Gasteiger partial charge in [0.05, 0.1) is 5.60 Å². The molecule has 5 atom stereocenters. The fraction of sp³-hybridized carbons (Fsp3) is 0.800. The zero-order valence-corrected chi connectivity index (χ0v) is 10.9. The quantitative estimate of drug-likeness (QED) is 0.602. The topological polar surface area (TPSA) is 46.5 Å². The van der Waals surface area contributed by atoms with E-state index in [1.807, 2.05) is 0 Å². The Labute approximate surface area is 107 Å². The molecule has 3 heteroatoms. The Kier molecular flexibility index (Phi) is 1.74. The summed E-state index contributed by atoms with van der Waals surface area (Å²) in [5.74, 6) is 0.896. The van der Waals surface area contributed by atoms with Crippen molar-refractivity contribution >= 4 is 5.97 Å². The molecular weight excluding hydrogens is 228 g/mol. The minimum absolute atomic E-state index is 0.225. The molecule has 0 aromatic rings. The molecule has 3 nitrogen and oxygen atoms in total. The summed E-state index contributed by atoms with van der Waals surface area (Å²) in [6.45, 7) is 5.37. The molecule has 5 unspecified atom stereocenters. The van der Waals surface area contributed by atoms with E-state index in [1.165, 1.54) is 12.8 Å². The Bertz CT molecular complexity index is 458. The lowest BCUT2D eigenvalue weighted by Crippen LogP contribution is -2.82. The molecule has 18 heavy (non-hydrogen) atoms. The number of esters is 1. The second kappa shape index (κ2) is 2.84. The van der Waals surface area contributed by atoms with Crippen molar-refractivity contribution in [3.05, 3.63) is 12.2 Å². The molecule has 1 spiro atoms. The van der Waals surface area contributed by atoms with Crippen LogP contribution in [0, 0.1) is 17.3 Å². The summed E-state index contributed by atoms with van der Waals surface area (Å²) in [7, 11) is 0. The van der Waals surface area contributed by atoms with Gasteiger partial charge in [0, 0.05) is 17.4 Å². The van der Waals surface area contributed by atoms with E-state index in [1.54, 1.807) is 6.92 Å². The lowest BCUT2D eigenvalue weighted by Gasteiger charge is -2.80. The lowest BCUT2D eigenvalue weighted by atomic mass is 9.27. The van der Waals surface area contributed by atoms with Crippen molar-refractivity contribution in [3.63, 3.8) is 0 Å². The van der Waals surface area contributed by atoms with Crippen molar-refractivity contribution in [2.45, 2.75) is 56.7 Å². The molecule has 0 radical (unpaired) electrons. The second-order valence-corrected chi connectivity index (χ2v) is 7.15. The largest absolute Gasteiger partial charge is 0.455 e. The van der Waals surface area contributed by atoms with E-state index < -0.39 is 5.60 Å². The highest BCUT2D eigenvalue weighted by atomic mass is 16.6. The Morgan fingerprint density at radius 3 is 2.61 bits per heavy atom. The van der Waals surface area contributed by atoms with Crippen molar-refractivity contribution < 1.29 is 14.6 Å². The molecule has 0 amide bonds. The maximum absolute atomic E-state index is 11.9. The van der Waals surface area contributed by atoms with Crippen LogP contribution in [-0.4, -0.2) is 22.3 Å². The van der Waals surface area contributed by atoms with Crippen LogP contribution in [0.4, 0.5) is 0 Å². The number of hydrogen-bond donors (Lipinski definition) is 1. The summed E-state index contributed by atoms with van der Waals surface area (Å²) in [5.41, 5.74) is -0.233. The summed E-state index contributed by atoms with van der Waals surface area (Å²) in [6, 6.07) is 0. The van der Waals surface area contributed by atoms with Crippen LogP contribution in [0.5, 0.6) is 0 Å². The first kappa shape index (κ1) is 11.0. The van der Waals surface area contributed by atoms with Crippen LogP contribution in [-0.2, 0) is 9.53 Å². The highest BCUT2D eigenvalue weighted by molar-refractivity contribution is 5.87. The third kappa shape index (κ3) is 0.965. The van der Waals surface area contributed by atoms with Crippen molar-refractivity contribution in [1.29, 1.82) is 0 Å². The van der Waals surface area contributed by atoms with Crippen LogP contribution in [0.15, 0.2) is 12.2 Å². The fourth-order valence-electron chi connectivity index (χ4n) is 5.70. The van der Waals surface area contributed by atoms with Gasteiger partial charge in [0.2, 0.25) is 0 Å². The average molecular weight is 248 g/mol. The first-order valence-electron chi connectivity index (χ1n) is 7.02. The van der Waals surface area contributed by atoms with E-state index >= 15 is 0 Å². The molecule has 6 saturated carbocycles. The van der Waals surface area contributed by atoms with Gasteiger partial charge in [-0.25, -0.2) is 4.79 Å². The van der Waals surface area contributed by atoms with Gasteiger partial charge in [-0.15, -0.1) is 0 Å². The van der Waals surface area contributed by atoms with Gasteiger partial charge in [-0.2, -0.15) is 0 Å². The van der Waals surface area contributed by atoms with Crippen molar-refractivity contribution in [2.75, 3.05) is 0 Å². The molecule has 6 aliphatic rings. The van der Waals surface area contributed by atoms with Crippen LogP contribution >= 0.6 is 0 Å². The average Bonchev–Trinajstić information content (AvgIpc) is 2.21. The third-order valence-electron chi connectivity index (χ3n) is 6.29. The first-order chi connectivity index (χ1) is 8.41. The molecule has 6 fully saturated rings. The summed E-state index contributed by atoms with van der Waals surface area (Å²) in [4.78, 5) is 11.9. The monoisotopic (exact) mass is 248 g/mol. The number of hydrogen-bond acceptors (Lipinski definition) is 3. The van der Waals surface area contributed by atoms with E-state index in [0.717, 1.165) is 19.3 Å². The maximum atomic E-state index is 11.9. The molecule has 98 valence electrons. The predicted octanol–water partition coefficient (Wildman–Crippen LogP) is 2.19. The SMILES string of the molecule is C=C(C)C(=O)OC12CC3CC(O)(CC4CCC431)C2. The zero-order chi connectivity index (χ0) is 12.8. The van der Waals surface area contributed by atoms with E-state index in [9.17, 15) is 9.90 Å². The van der Waals surface area contributed by atoms with Gasteiger partial charge in [0.25, 0.3) is 0 Å². The molecule has 1 N–H and O–H groups in total. The van der Waals surface area contributed by atoms with E-state index in [4.69, 9.17) is 4.74 Å². The Hall–Kier alpha value is -0.830. The molecule has 0 heterocycles. The van der Waals surface area contributed by atoms with Crippen LogP contribution in [0.1, 0.15) is 45.4 Å². The van der Waals surface area contributed by atoms with Gasteiger partial charge in [0.1, 0.15) is 5.60 Å². The zero-order valence-electron chi connectivity index (χ0n) is 10.9. The normalized spacial score (nSPS) is 55.0. The van der Waals surface area contributed by atoms with Crippen molar-refractivity contribution in [3.8, 4) is 0 Å². The molecule has 0 aromatic heterocycles. The number of carbonyl (C=O) groups excluding carboxylic acids is 1. The highest BCUT2D eigenvalue weighted by Crippen LogP contribution is 2.80. The fourth-order valence-corrected chi connectivity index (χ4v) is 5.70. The third-order valence-corrected chi connectivity index (χ3v) is 6.29. The molecule has 6 rings (SSSR count). The number of carbonyl (C=O) groups is 1. The second-order valence-electron chi connectivity index (χ2n) is 7.15. The van der Waals surface area contributed by atoms with E-state index in [2.05, 4.69) is 6.58 Å². The van der Waals surface area contributed by atoms with E-state index in [-0.39, 0.29) is 17.0 Å². The maximum Gasteiger partial charge on any atom is 0.333 e. The number of ether oxygens (including phenoxy) is 1. The standard InChI is InChI=1S/C15H20O3/c1-9(2)12(16)18-14-7-11-6-13(17,8-14)5-10-3-4-15(10,11)14/h10-11,17H,1,3-8H2,2H3. The molecule has 0 aliphatic heterocycles. The molecule has 0 saturated heterocycles. The smallest absolute Gasteiger partial charge is 0.333 e. The van der Waals surface area contributed by atoms with Gasteiger partial charge >= 0.3 is 5.97 Å². The van der Waals surface area contributed by atoms with E-state index in [0.29, 0.717) is 23.8 Å². The van der Waals surface area contributed by atoms with Crippen LogP contribution in [0.25, 0.3) is 0 Å². The van der Waals surface area contributed by atoms with Crippen LogP contribution in [0.2, 0.25) is 0 Å². The summed E-state index contributed by atoms with van der Waals surface area (Å²) >= 11 is 0. The van der Waals surface area contributed by atoms with Gasteiger partial charge in [-0.3, -0.25) is 0 Å². The van der Waals surface area contributed by atoms with Gasteiger partial charge < -0.3 is 9.84 Å². The molecule has 0 aromatic carbocycles.